The molecule has 3 aliphatic rings. The van der Waals surface area contributed by atoms with E-state index in [1.165, 1.54) is 12.1 Å². The summed E-state index contributed by atoms with van der Waals surface area (Å²) < 4.78 is 47.4. The number of benzene rings is 1. The highest BCUT2D eigenvalue weighted by molar-refractivity contribution is 6.06. The second kappa shape index (κ2) is 16.0. The lowest BCUT2D eigenvalue weighted by atomic mass is 9.80. The van der Waals surface area contributed by atoms with E-state index < -0.39 is 17.8 Å². The molecule has 0 radical (unpaired) electrons. The average Bonchev–Trinajstić information content (AvgIpc) is 3.57. The lowest BCUT2D eigenvalue weighted by Crippen LogP contribution is -2.45. The summed E-state index contributed by atoms with van der Waals surface area (Å²) in [5.41, 5.74) is 2.76. The number of aromatic nitrogens is 3. The maximum Gasteiger partial charge on any atom is 0.433 e. The number of rotatable bonds is 10. The number of imide groups is 1. The predicted octanol–water partition coefficient (Wildman–Crippen LogP) is 7.18. The first-order valence-electron chi connectivity index (χ1n) is 19.2. The van der Waals surface area contributed by atoms with Gasteiger partial charge in [-0.1, -0.05) is 18.2 Å². The molecule has 3 fully saturated rings. The molecule has 3 aromatic heterocycles. The fourth-order valence-electron chi connectivity index (χ4n) is 8.31. The van der Waals surface area contributed by atoms with Gasteiger partial charge in [0.1, 0.15) is 22.9 Å². The zero-order valence-corrected chi connectivity index (χ0v) is 31.4. The van der Waals surface area contributed by atoms with Gasteiger partial charge >= 0.3 is 6.18 Å². The molecule has 7 rings (SSSR count). The Bertz CT molecular complexity index is 2030. The first kappa shape index (κ1) is 38.3. The van der Waals surface area contributed by atoms with Crippen LogP contribution < -0.4 is 20.3 Å². The van der Waals surface area contributed by atoms with Crippen molar-refractivity contribution in [1.82, 2.24) is 24.6 Å². The van der Waals surface area contributed by atoms with Crippen LogP contribution in [0.4, 0.5) is 24.7 Å². The lowest BCUT2D eigenvalue weighted by molar-refractivity contribution is -0.141. The monoisotopic (exact) mass is 759 g/mol. The third kappa shape index (κ3) is 8.95. The van der Waals surface area contributed by atoms with Gasteiger partial charge in [0.25, 0.3) is 5.91 Å². The van der Waals surface area contributed by atoms with E-state index in [1.807, 2.05) is 32.2 Å². The molecule has 55 heavy (non-hydrogen) atoms. The van der Waals surface area contributed by atoms with Gasteiger partial charge in [0.05, 0.1) is 23.3 Å². The third-order valence-corrected chi connectivity index (χ3v) is 11.2. The summed E-state index contributed by atoms with van der Waals surface area (Å²) in [5.74, 6) is -0.359. The van der Waals surface area contributed by atoms with Gasteiger partial charge < -0.3 is 24.3 Å². The van der Waals surface area contributed by atoms with Crippen molar-refractivity contribution in [2.75, 3.05) is 36.9 Å². The Labute approximate surface area is 318 Å². The molecule has 14 heteroatoms. The highest BCUT2D eigenvalue weighted by Crippen LogP contribution is 2.37. The third-order valence-electron chi connectivity index (χ3n) is 11.2. The maximum absolute atomic E-state index is 13.4. The standard InChI is InChI=1S/C41H48F3N7O4/c1-25(2)55-34-21-37-45-33(24-51(37)23-32(34)40(54)47-36-9-5-8-35(46-36)41(42,43)44)27-12-10-26(11-13-27)22-49(3)29-16-18-50(19-17-29)30-7-4-6-28(20-30)31-14-15-38(52)48-39(31)53/h4-9,20-21,23-27,29,31H,10-19,22H2,1-3H3,(H,46,47,54)(H,48,52,53)/t26-,27-,31?. The van der Waals surface area contributed by atoms with Crippen molar-refractivity contribution < 1.29 is 32.3 Å². The Morgan fingerprint density at radius 2 is 1.73 bits per heavy atom. The van der Waals surface area contributed by atoms with Crippen LogP contribution in [0.25, 0.3) is 5.65 Å². The Balaban J connectivity index is 0.934. The molecule has 0 spiro atoms. The summed E-state index contributed by atoms with van der Waals surface area (Å²) in [6.45, 7) is 6.61. The highest BCUT2D eigenvalue weighted by atomic mass is 19.4. The van der Waals surface area contributed by atoms with E-state index in [0.717, 1.165) is 81.2 Å². The van der Waals surface area contributed by atoms with Crippen molar-refractivity contribution in [1.29, 1.82) is 0 Å². The van der Waals surface area contributed by atoms with Crippen LogP contribution in [0.3, 0.4) is 0 Å². The smallest absolute Gasteiger partial charge is 0.433 e. The number of amides is 3. The van der Waals surface area contributed by atoms with Crippen molar-refractivity contribution in [3.63, 3.8) is 0 Å². The van der Waals surface area contributed by atoms with Crippen LogP contribution in [0.1, 0.15) is 104 Å². The van der Waals surface area contributed by atoms with E-state index in [2.05, 4.69) is 44.6 Å². The second-order valence-corrected chi connectivity index (χ2v) is 15.5. The molecule has 2 saturated heterocycles. The van der Waals surface area contributed by atoms with Gasteiger partial charge in [-0.15, -0.1) is 0 Å². The number of carbonyl (C=O) groups is 3. The van der Waals surface area contributed by atoms with Crippen LogP contribution in [-0.4, -0.2) is 75.8 Å². The maximum atomic E-state index is 13.4. The van der Waals surface area contributed by atoms with Crippen LogP contribution in [0.15, 0.2) is 60.9 Å². The van der Waals surface area contributed by atoms with Gasteiger partial charge in [-0.3, -0.25) is 19.7 Å². The van der Waals surface area contributed by atoms with Crippen LogP contribution in [0.2, 0.25) is 0 Å². The molecule has 11 nitrogen and oxygen atoms in total. The number of halogens is 3. The summed E-state index contributed by atoms with van der Waals surface area (Å²) in [5, 5.41) is 4.97. The Morgan fingerprint density at radius 1 is 0.982 bits per heavy atom. The zero-order valence-electron chi connectivity index (χ0n) is 31.4. The topological polar surface area (TPSA) is 121 Å². The summed E-state index contributed by atoms with van der Waals surface area (Å²) in [6, 6.07) is 13.8. The quantitative estimate of drug-likeness (QED) is 0.163. The lowest BCUT2D eigenvalue weighted by Gasteiger charge is -2.40. The van der Waals surface area contributed by atoms with Gasteiger partial charge in [0.15, 0.2) is 0 Å². The molecule has 0 bridgehead atoms. The fourth-order valence-corrected chi connectivity index (χ4v) is 8.31. The summed E-state index contributed by atoms with van der Waals surface area (Å²) >= 11 is 0. The van der Waals surface area contributed by atoms with E-state index in [1.54, 1.807) is 16.7 Å². The normalized spacial score (nSPS) is 21.3. The minimum atomic E-state index is -4.63. The Kier molecular flexibility index (Phi) is 11.2. The predicted molar refractivity (Wildman–Crippen MR) is 202 cm³/mol. The van der Waals surface area contributed by atoms with Crippen LogP contribution in [-0.2, 0) is 15.8 Å². The number of anilines is 2. The number of hydrogen-bond donors (Lipinski definition) is 2. The molecular formula is C41H48F3N7O4. The van der Waals surface area contributed by atoms with Crippen LogP contribution in [0.5, 0.6) is 5.75 Å². The van der Waals surface area contributed by atoms with Crippen LogP contribution >= 0.6 is 0 Å². The Hall–Kier alpha value is -4.98. The molecule has 1 unspecified atom stereocenters. The molecule has 2 N–H and O–H groups in total. The molecule has 4 aromatic rings. The molecule has 5 heterocycles. The minimum absolute atomic E-state index is 0.169. The van der Waals surface area contributed by atoms with Crippen molar-refractivity contribution in [2.45, 2.75) is 95.4 Å². The van der Waals surface area contributed by atoms with E-state index in [-0.39, 0.29) is 41.1 Å². The number of carbonyl (C=O) groups excluding carboxylic acids is 3. The number of nitrogens with one attached hydrogen (secondary N) is 2. The van der Waals surface area contributed by atoms with E-state index in [4.69, 9.17) is 9.72 Å². The van der Waals surface area contributed by atoms with E-state index in [0.29, 0.717) is 36.2 Å². The molecule has 1 atom stereocenters. The van der Waals surface area contributed by atoms with E-state index >= 15 is 0 Å². The summed E-state index contributed by atoms with van der Waals surface area (Å²) in [7, 11) is 2.24. The fraction of sp³-hybridized carbons (Fsp3) is 0.488. The van der Waals surface area contributed by atoms with E-state index in [9.17, 15) is 27.6 Å². The molecule has 2 aliphatic heterocycles. The molecule has 1 saturated carbocycles. The first-order valence-corrected chi connectivity index (χ1v) is 19.2. The molecule has 1 aliphatic carbocycles. The van der Waals surface area contributed by atoms with Crippen LogP contribution in [0, 0.1) is 5.92 Å². The number of pyridine rings is 2. The van der Waals surface area contributed by atoms with Crippen molar-refractivity contribution >= 4 is 34.9 Å². The molecule has 3 amide bonds. The minimum Gasteiger partial charge on any atom is -0.490 e. The van der Waals surface area contributed by atoms with Gasteiger partial charge in [-0.05, 0) is 102 Å². The largest absolute Gasteiger partial charge is 0.490 e. The Morgan fingerprint density at radius 3 is 2.44 bits per heavy atom. The van der Waals surface area contributed by atoms with Crippen molar-refractivity contribution in [3.8, 4) is 5.75 Å². The van der Waals surface area contributed by atoms with Gasteiger partial charge in [-0.25, -0.2) is 9.97 Å². The number of ether oxygens (including phenoxy) is 1. The molecular weight excluding hydrogens is 711 g/mol. The number of piperidine rings is 2. The number of imidazole rings is 1. The number of alkyl halides is 3. The van der Waals surface area contributed by atoms with Gasteiger partial charge in [0.2, 0.25) is 11.8 Å². The zero-order chi connectivity index (χ0) is 38.9. The molecule has 1 aromatic carbocycles. The number of nitrogens with zero attached hydrogens (tertiary/aromatic N) is 5. The highest BCUT2D eigenvalue weighted by Gasteiger charge is 2.33. The second-order valence-electron chi connectivity index (χ2n) is 15.5. The first-order chi connectivity index (χ1) is 26.3. The molecule has 292 valence electrons. The number of fused-ring (bicyclic) bond motifs is 1. The summed E-state index contributed by atoms with van der Waals surface area (Å²) in [6.07, 6.45) is 5.93. The van der Waals surface area contributed by atoms with Gasteiger partial charge in [-0.2, -0.15) is 13.2 Å². The van der Waals surface area contributed by atoms with Gasteiger partial charge in [0, 0.05) is 62.2 Å². The SMILES string of the molecule is CC(C)Oc1cc2nc([C@H]3CC[C@H](CN(C)C4CCN(c5cccc(C6CCC(=O)NC6=O)c5)CC4)CC3)cn2cc1C(=O)Nc1cccc(C(F)(F)F)n1. The van der Waals surface area contributed by atoms with Crippen molar-refractivity contribution in [3.05, 3.63) is 83.4 Å². The summed E-state index contributed by atoms with van der Waals surface area (Å²) in [4.78, 5) is 50.9. The number of hydrogen-bond acceptors (Lipinski definition) is 8. The van der Waals surface area contributed by atoms with Crippen molar-refractivity contribution in [2.24, 2.45) is 5.92 Å². The average molecular weight is 760 g/mol.